The Hall–Kier alpha value is -0.770. The highest BCUT2D eigenvalue weighted by molar-refractivity contribution is 6.32. The molecule has 3 nitrogen and oxygen atoms in total. The molecule has 0 aromatic heterocycles. The summed E-state index contributed by atoms with van der Waals surface area (Å²) in [5.41, 5.74) is 5.07. The van der Waals surface area contributed by atoms with Gasteiger partial charge in [0.05, 0.1) is 17.7 Å². The van der Waals surface area contributed by atoms with Crippen molar-refractivity contribution >= 4 is 11.6 Å². The molecule has 1 rings (SSSR count). The van der Waals surface area contributed by atoms with Gasteiger partial charge in [0.25, 0.3) is 0 Å². The van der Waals surface area contributed by atoms with Crippen LogP contribution >= 0.6 is 11.6 Å². The van der Waals surface area contributed by atoms with Crippen LogP contribution in [0, 0.1) is 0 Å². The van der Waals surface area contributed by atoms with Gasteiger partial charge < -0.3 is 15.6 Å². The molecule has 0 radical (unpaired) electrons. The Labute approximate surface area is 88.4 Å². The van der Waals surface area contributed by atoms with E-state index >= 15 is 0 Å². The molecule has 0 fully saturated rings. The lowest BCUT2D eigenvalue weighted by Crippen LogP contribution is -2.31. The molecule has 4 heteroatoms. The third-order valence-electron chi connectivity index (χ3n) is 2.17. The smallest absolute Gasteiger partial charge is 0.137 e. The van der Waals surface area contributed by atoms with Gasteiger partial charge in [0.2, 0.25) is 0 Å². The van der Waals surface area contributed by atoms with Gasteiger partial charge in [-0.15, -0.1) is 0 Å². The third-order valence-corrected chi connectivity index (χ3v) is 2.47. The summed E-state index contributed by atoms with van der Waals surface area (Å²) in [7, 11) is 1.54. The Morgan fingerprint density at radius 1 is 1.57 bits per heavy atom. The first-order valence-corrected chi connectivity index (χ1v) is 4.65. The predicted octanol–water partition coefficient (Wildman–Crippen LogP) is 1.51. The van der Waals surface area contributed by atoms with E-state index in [1.807, 2.05) is 0 Å². The van der Waals surface area contributed by atoms with Crippen molar-refractivity contribution in [2.75, 3.05) is 13.7 Å². The van der Waals surface area contributed by atoms with Crippen LogP contribution in [0.4, 0.5) is 0 Å². The molecule has 1 aromatic rings. The molecule has 0 amide bonds. The van der Waals surface area contributed by atoms with E-state index in [9.17, 15) is 5.11 Å². The highest BCUT2D eigenvalue weighted by atomic mass is 35.5. The second-order valence-electron chi connectivity index (χ2n) is 3.33. The first-order chi connectivity index (χ1) is 6.51. The fourth-order valence-corrected chi connectivity index (χ4v) is 1.38. The molecule has 0 saturated heterocycles. The van der Waals surface area contributed by atoms with E-state index in [-0.39, 0.29) is 6.54 Å². The summed E-state index contributed by atoms with van der Waals surface area (Å²) in [4.78, 5) is 0. The average Bonchev–Trinajstić information content (AvgIpc) is 2.17. The number of hydrogen-bond acceptors (Lipinski definition) is 3. The van der Waals surface area contributed by atoms with E-state index in [1.54, 1.807) is 32.2 Å². The molecule has 0 aliphatic rings. The standard InChI is InChI=1S/C10H14ClNO2/c1-10(13,6-12)7-3-4-9(14-2)8(11)5-7/h3-5,13H,6,12H2,1-2H3. The lowest BCUT2D eigenvalue weighted by atomic mass is 9.96. The fourth-order valence-electron chi connectivity index (χ4n) is 1.12. The molecule has 1 unspecified atom stereocenters. The minimum absolute atomic E-state index is 0.148. The predicted molar refractivity (Wildman–Crippen MR) is 56.6 cm³/mol. The van der Waals surface area contributed by atoms with Crippen LogP contribution in [0.5, 0.6) is 5.75 Å². The molecule has 14 heavy (non-hydrogen) atoms. The van der Waals surface area contributed by atoms with Crippen molar-refractivity contribution in [3.05, 3.63) is 28.8 Å². The maximum atomic E-state index is 9.86. The second-order valence-corrected chi connectivity index (χ2v) is 3.73. The lowest BCUT2D eigenvalue weighted by molar-refractivity contribution is 0.0668. The van der Waals surface area contributed by atoms with E-state index in [0.717, 1.165) is 0 Å². The van der Waals surface area contributed by atoms with E-state index in [4.69, 9.17) is 22.1 Å². The number of benzene rings is 1. The molecule has 0 spiro atoms. The Bertz CT molecular complexity index is 326. The quantitative estimate of drug-likeness (QED) is 0.804. The number of hydrogen-bond donors (Lipinski definition) is 2. The molecule has 1 aromatic carbocycles. The van der Waals surface area contributed by atoms with Crippen LogP contribution in [0.1, 0.15) is 12.5 Å². The fraction of sp³-hybridized carbons (Fsp3) is 0.400. The van der Waals surface area contributed by atoms with Crippen LogP contribution in [-0.2, 0) is 5.60 Å². The van der Waals surface area contributed by atoms with Gasteiger partial charge in [0.1, 0.15) is 5.75 Å². The number of rotatable bonds is 3. The number of aliphatic hydroxyl groups is 1. The summed E-state index contributed by atoms with van der Waals surface area (Å²) in [6, 6.07) is 5.12. The van der Waals surface area contributed by atoms with Crippen LogP contribution in [0.3, 0.4) is 0 Å². The van der Waals surface area contributed by atoms with Gasteiger partial charge in [0.15, 0.2) is 0 Å². The molecule has 1 atom stereocenters. The summed E-state index contributed by atoms with van der Waals surface area (Å²) in [5.74, 6) is 0.586. The summed E-state index contributed by atoms with van der Waals surface area (Å²) in [5, 5.41) is 10.3. The molecule has 3 N–H and O–H groups in total. The molecule has 78 valence electrons. The monoisotopic (exact) mass is 215 g/mol. The first-order valence-electron chi connectivity index (χ1n) is 4.27. The van der Waals surface area contributed by atoms with Gasteiger partial charge in [-0.3, -0.25) is 0 Å². The van der Waals surface area contributed by atoms with Crippen LogP contribution < -0.4 is 10.5 Å². The van der Waals surface area contributed by atoms with Gasteiger partial charge in [0, 0.05) is 6.54 Å². The maximum absolute atomic E-state index is 9.86. The van der Waals surface area contributed by atoms with Crippen LogP contribution in [-0.4, -0.2) is 18.8 Å². The van der Waals surface area contributed by atoms with E-state index < -0.39 is 5.60 Å². The summed E-state index contributed by atoms with van der Waals surface area (Å²) in [6.07, 6.45) is 0. The van der Waals surface area contributed by atoms with Crippen LogP contribution in [0.25, 0.3) is 0 Å². The average molecular weight is 216 g/mol. The van der Waals surface area contributed by atoms with Gasteiger partial charge in [-0.05, 0) is 24.6 Å². The Morgan fingerprint density at radius 2 is 2.21 bits per heavy atom. The van der Waals surface area contributed by atoms with Gasteiger partial charge in [-0.25, -0.2) is 0 Å². The SMILES string of the molecule is COc1ccc(C(C)(O)CN)cc1Cl. The zero-order valence-corrected chi connectivity index (χ0v) is 9.01. The third kappa shape index (κ3) is 2.18. The zero-order chi connectivity index (χ0) is 10.8. The van der Waals surface area contributed by atoms with Crippen molar-refractivity contribution < 1.29 is 9.84 Å². The van der Waals surface area contributed by atoms with Gasteiger partial charge >= 0.3 is 0 Å². The van der Waals surface area contributed by atoms with E-state index in [0.29, 0.717) is 16.3 Å². The topological polar surface area (TPSA) is 55.5 Å². The molecule has 0 aliphatic carbocycles. The normalized spacial score (nSPS) is 14.9. The van der Waals surface area contributed by atoms with Crippen molar-refractivity contribution in [3.63, 3.8) is 0 Å². The molecular weight excluding hydrogens is 202 g/mol. The highest BCUT2D eigenvalue weighted by Crippen LogP contribution is 2.29. The molecule has 0 heterocycles. The van der Waals surface area contributed by atoms with Crippen molar-refractivity contribution in [2.24, 2.45) is 5.73 Å². The molecule has 0 bridgehead atoms. The van der Waals surface area contributed by atoms with Gasteiger partial charge in [-0.2, -0.15) is 0 Å². The van der Waals surface area contributed by atoms with E-state index in [1.165, 1.54) is 0 Å². The number of nitrogens with two attached hydrogens (primary N) is 1. The van der Waals surface area contributed by atoms with Crippen LogP contribution in [0.15, 0.2) is 18.2 Å². The summed E-state index contributed by atoms with van der Waals surface area (Å²) >= 11 is 5.92. The Balaban J connectivity index is 3.08. The van der Waals surface area contributed by atoms with Crippen molar-refractivity contribution in [1.82, 2.24) is 0 Å². The van der Waals surface area contributed by atoms with E-state index in [2.05, 4.69) is 0 Å². The molecular formula is C10H14ClNO2. The minimum atomic E-state index is -1.05. The maximum Gasteiger partial charge on any atom is 0.137 e. The van der Waals surface area contributed by atoms with Crippen molar-refractivity contribution in [2.45, 2.75) is 12.5 Å². The molecule has 0 aliphatic heterocycles. The Morgan fingerprint density at radius 3 is 2.64 bits per heavy atom. The lowest BCUT2D eigenvalue weighted by Gasteiger charge is -2.22. The van der Waals surface area contributed by atoms with Crippen molar-refractivity contribution in [1.29, 1.82) is 0 Å². The summed E-state index contributed by atoms with van der Waals surface area (Å²) in [6.45, 7) is 1.79. The highest BCUT2D eigenvalue weighted by Gasteiger charge is 2.21. The second kappa shape index (κ2) is 4.17. The number of halogens is 1. The number of methoxy groups -OCH3 is 1. The number of ether oxygens (including phenoxy) is 1. The Kier molecular flexibility index (Phi) is 3.37. The summed E-state index contributed by atoms with van der Waals surface area (Å²) < 4.78 is 5.00. The van der Waals surface area contributed by atoms with Gasteiger partial charge in [-0.1, -0.05) is 17.7 Å². The van der Waals surface area contributed by atoms with Crippen LogP contribution in [0.2, 0.25) is 5.02 Å². The first kappa shape index (κ1) is 11.3. The molecule has 0 saturated carbocycles. The zero-order valence-electron chi connectivity index (χ0n) is 8.25. The largest absolute Gasteiger partial charge is 0.495 e. The minimum Gasteiger partial charge on any atom is -0.495 e. The van der Waals surface area contributed by atoms with Crippen molar-refractivity contribution in [3.8, 4) is 5.75 Å².